The fourth-order valence-corrected chi connectivity index (χ4v) is 2.33. The maximum absolute atomic E-state index is 14.0. The van der Waals surface area contributed by atoms with Crippen molar-refractivity contribution in [1.29, 1.82) is 0 Å². The molecule has 7 heteroatoms. The molecule has 21 heavy (non-hydrogen) atoms. The Balaban J connectivity index is 2.52. The molecule has 1 fully saturated rings. The van der Waals surface area contributed by atoms with Gasteiger partial charge in [0.1, 0.15) is 5.69 Å². The summed E-state index contributed by atoms with van der Waals surface area (Å²) in [6.07, 6.45) is 2.98. The summed E-state index contributed by atoms with van der Waals surface area (Å²) in [5, 5.41) is 10.2. The van der Waals surface area contributed by atoms with Crippen LogP contribution >= 0.6 is 0 Å². The first kappa shape index (κ1) is 15.3. The van der Waals surface area contributed by atoms with Crippen LogP contribution in [0.2, 0.25) is 0 Å². The second-order valence-electron chi connectivity index (χ2n) is 4.72. The zero-order chi connectivity index (χ0) is 15.6. The van der Waals surface area contributed by atoms with Crippen molar-refractivity contribution in [2.45, 2.75) is 19.3 Å². The van der Waals surface area contributed by atoms with Crippen molar-refractivity contribution in [1.82, 2.24) is 0 Å². The van der Waals surface area contributed by atoms with Gasteiger partial charge in [0, 0.05) is 13.1 Å². The lowest BCUT2D eigenvalue weighted by Crippen LogP contribution is -2.31. The normalized spacial score (nSPS) is 15.7. The molecule has 1 aliphatic heterocycles. The molecule has 0 bridgehead atoms. The van der Waals surface area contributed by atoms with Crippen LogP contribution in [-0.2, 0) is 4.79 Å². The molecule has 1 saturated heterocycles. The van der Waals surface area contributed by atoms with E-state index in [1.54, 1.807) is 0 Å². The van der Waals surface area contributed by atoms with E-state index < -0.39 is 40.5 Å². The summed E-state index contributed by atoms with van der Waals surface area (Å²) in [4.78, 5) is 11.5. The Labute approximate surface area is 118 Å². The fourth-order valence-electron chi connectivity index (χ4n) is 2.33. The first-order chi connectivity index (χ1) is 9.93. The minimum Gasteiger partial charge on any atom is -0.545 e. The Hall–Kier alpha value is -2.05. The van der Waals surface area contributed by atoms with Crippen molar-refractivity contribution in [2.24, 2.45) is 0 Å². The molecular weight excluding hydrogens is 290 g/mol. The van der Waals surface area contributed by atoms with Gasteiger partial charge in [0.05, 0.1) is 11.5 Å². The number of carbonyl (C=O) groups is 1. The minimum atomic E-state index is -1.73. The molecule has 0 atom stereocenters. The van der Waals surface area contributed by atoms with Gasteiger partial charge in [-0.2, -0.15) is 0 Å². The lowest BCUT2D eigenvalue weighted by atomic mass is 10.1. The molecule has 0 spiro atoms. The van der Waals surface area contributed by atoms with Crippen molar-refractivity contribution < 1.29 is 27.5 Å². The number of rotatable bonds is 3. The second kappa shape index (κ2) is 6.15. The van der Waals surface area contributed by atoms with Crippen molar-refractivity contribution in [3.63, 3.8) is 0 Å². The van der Waals surface area contributed by atoms with Crippen LogP contribution in [0, 0.1) is 23.3 Å². The van der Waals surface area contributed by atoms with Gasteiger partial charge >= 0.3 is 0 Å². The highest BCUT2D eigenvalue weighted by molar-refractivity contribution is 5.83. The van der Waals surface area contributed by atoms with E-state index >= 15 is 0 Å². The van der Waals surface area contributed by atoms with Gasteiger partial charge in [0.2, 0.25) is 0 Å². The number of carbonyl (C=O) groups excluding carboxylic acids is 1. The molecule has 0 unspecified atom stereocenters. The highest BCUT2D eigenvalue weighted by atomic mass is 19.2. The first-order valence-electron chi connectivity index (χ1n) is 6.43. The van der Waals surface area contributed by atoms with E-state index in [4.69, 9.17) is 0 Å². The molecule has 0 saturated carbocycles. The number of nitrogens with zero attached hydrogens (tertiary/aromatic N) is 1. The lowest BCUT2D eigenvalue weighted by Gasteiger charge is -2.29. The lowest BCUT2D eigenvalue weighted by molar-refractivity contribution is -0.297. The van der Waals surface area contributed by atoms with Crippen LogP contribution in [0.4, 0.5) is 23.2 Å². The molecule has 114 valence electrons. The second-order valence-corrected chi connectivity index (χ2v) is 4.72. The van der Waals surface area contributed by atoms with Gasteiger partial charge in [0.15, 0.2) is 23.3 Å². The quantitative estimate of drug-likeness (QED) is 0.487. The van der Waals surface area contributed by atoms with Gasteiger partial charge in [-0.1, -0.05) is 0 Å². The van der Waals surface area contributed by atoms with Crippen LogP contribution in [0.25, 0.3) is 6.08 Å². The molecule has 3 nitrogen and oxygen atoms in total. The van der Waals surface area contributed by atoms with Gasteiger partial charge in [-0.15, -0.1) is 0 Å². The van der Waals surface area contributed by atoms with Gasteiger partial charge in [0.25, 0.3) is 0 Å². The largest absolute Gasteiger partial charge is 0.545 e. The Morgan fingerprint density at radius 1 is 0.952 bits per heavy atom. The SMILES string of the molecule is O=C([O-])/C=C/c1c(F)c(F)c(N2CCCCC2)c(F)c1F. The molecule has 1 aromatic carbocycles. The molecular formula is C14H12F4NO2-. The number of benzene rings is 1. The van der Waals surface area contributed by atoms with E-state index in [1.807, 2.05) is 0 Å². The minimum absolute atomic E-state index is 0.306. The van der Waals surface area contributed by atoms with E-state index in [0.717, 1.165) is 6.42 Å². The summed E-state index contributed by atoms with van der Waals surface area (Å²) in [6.45, 7) is 0.613. The van der Waals surface area contributed by atoms with E-state index in [1.165, 1.54) is 4.90 Å². The molecule has 2 rings (SSSR count). The van der Waals surface area contributed by atoms with Crippen molar-refractivity contribution >= 4 is 17.7 Å². The van der Waals surface area contributed by atoms with Crippen LogP contribution < -0.4 is 10.0 Å². The Bertz CT molecular complexity index is 566. The highest BCUT2D eigenvalue weighted by Crippen LogP contribution is 2.33. The zero-order valence-electron chi connectivity index (χ0n) is 11.0. The topological polar surface area (TPSA) is 43.4 Å². The molecule has 0 radical (unpaired) electrons. The Kier molecular flexibility index (Phi) is 4.50. The number of anilines is 1. The van der Waals surface area contributed by atoms with Crippen LogP contribution in [0.1, 0.15) is 24.8 Å². The van der Waals surface area contributed by atoms with Crippen LogP contribution in [0.3, 0.4) is 0 Å². The average molecular weight is 302 g/mol. The molecule has 0 amide bonds. The van der Waals surface area contributed by atoms with Gasteiger partial charge in [-0.25, -0.2) is 17.6 Å². The third kappa shape index (κ3) is 3.01. The number of hydrogen-bond donors (Lipinski definition) is 0. The molecule has 0 N–H and O–H groups in total. The van der Waals surface area contributed by atoms with Gasteiger partial charge in [-0.05, 0) is 31.4 Å². The molecule has 0 aliphatic carbocycles. The predicted molar refractivity (Wildman–Crippen MR) is 66.4 cm³/mol. The van der Waals surface area contributed by atoms with E-state index in [-0.39, 0.29) is 0 Å². The standard InChI is InChI=1S/C14H13F4NO2/c15-10-8(4-5-9(20)21)11(16)13(18)14(12(10)17)19-6-2-1-3-7-19/h4-5H,1-3,6-7H2,(H,20,21)/p-1/b5-4+. The number of aliphatic carboxylic acids is 1. The Morgan fingerprint density at radius 2 is 1.48 bits per heavy atom. The van der Waals surface area contributed by atoms with E-state index in [0.29, 0.717) is 38.1 Å². The van der Waals surface area contributed by atoms with E-state index in [9.17, 15) is 27.5 Å². The van der Waals surface area contributed by atoms with Crippen molar-refractivity contribution in [3.8, 4) is 0 Å². The van der Waals surface area contributed by atoms with Gasteiger partial charge < -0.3 is 14.8 Å². The third-order valence-corrected chi connectivity index (χ3v) is 3.33. The van der Waals surface area contributed by atoms with Crippen molar-refractivity contribution in [2.75, 3.05) is 18.0 Å². The first-order valence-corrected chi connectivity index (χ1v) is 6.43. The number of carboxylic acids is 1. The smallest absolute Gasteiger partial charge is 0.185 e. The predicted octanol–water partition coefficient (Wildman–Crippen LogP) is 2.00. The monoisotopic (exact) mass is 302 g/mol. The number of hydrogen-bond acceptors (Lipinski definition) is 3. The third-order valence-electron chi connectivity index (χ3n) is 3.33. The summed E-state index contributed by atoms with van der Waals surface area (Å²) >= 11 is 0. The van der Waals surface area contributed by atoms with E-state index in [2.05, 4.69) is 0 Å². The zero-order valence-corrected chi connectivity index (χ0v) is 11.0. The molecule has 1 aliphatic rings. The maximum Gasteiger partial charge on any atom is 0.185 e. The van der Waals surface area contributed by atoms with Crippen LogP contribution in [0.15, 0.2) is 6.08 Å². The number of carboxylic acid groups (broad SMARTS) is 1. The van der Waals surface area contributed by atoms with Crippen molar-refractivity contribution in [3.05, 3.63) is 34.9 Å². The van der Waals surface area contributed by atoms with Gasteiger partial charge in [-0.3, -0.25) is 0 Å². The summed E-state index contributed by atoms with van der Waals surface area (Å²) in [6, 6.07) is 0. The average Bonchev–Trinajstić information content (AvgIpc) is 2.46. The molecule has 1 heterocycles. The van der Waals surface area contributed by atoms with Crippen LogP contribution in [-0.4, -0.2) is 19.1 Å². The molecule has 0 aromatic heterocycles. The summed E-state index contributed by atoms with van der Waals surface area (Å²) < 4.78 is 55.7. The fraction of sp³-hybridized carbons (Fsp3) is 0.357. The van der Waals surface area contributed by atoms with Crippen LogP contribution in [0.5, 0.6) is 0 Å². The summed E-state index contributed by atoms with van der Waals surface area (Å²) in [5.41, 5.74) is -1.81. The summed E-state index contributed by atoms with van der Waals surface area (Å²) in [5.74, 6) is -8.00. The number of halogens is 4. The molecule has 1 aromatic rings. The maximum atomic E-state index is 14.0. The Morgan fingerprint density at radius 3 is 1.95 bits per heavy atom. The summed E-state index contributed by atoms with van der Waals surface area (Å²) in [7, 11) is 0. The highest BCUT2D eigenvalue weighted by Gasteiger charge is 2.28. The number of piperidine rings is 1.